The number of nitrogens with one attached hydrogen (secondary N) is 1. The molecule has 3 heteroatoms. The van der Waals surface area contributed by atoms with Gasteiger partial charge in [-0.05, 0) is 43.0 Å². The molecule has 2 nitrogen and oxygen atoms in total. The average molecular weight is 248 g/mol. The van der Waals surface area contributed by atoms with E-state index in [4.69, 9.17) is 0 Å². The molecule has 1 atom stereocenters. The van der Waals surface area contributed by atoms with Crippen LogP contribution in [0.4, 0.5) is 0 Å². The number of aryl methyl sites for hydroxylation is 2. The predicted octanol–water partition coefficient (Wildman–Crippen LogP) is 3.46. The van der Waals surface area contributed by atoms with Crippen molar-refractivity contribution in [3.8, 4) is 0 Å². The van der Waals surface area contributed by atoms with E-state index in [1.807, 2.05) is 18.4 Å². The van der Waals surface area contributed by atoms with Crippen LogP contribution in [0.25, 0.3) is 0 Å². The average Bonchev–Trinajstić information content (AvgIpc) is 2.99. The van der Waals surface area contributed by atoms with Crippen molar-refractivity contribution in [3.63, 3.8) is 0 Å². The SMILES string of the molecule is CCC(NC)c1ccn(CCc2cccs2)c1. The molecule has 1 unspecified atom stereocenters. The van der Waals surface area contributed by atoms with Crippen molar-refractivity contribution < 1.29 is 0 Å². The lowest BCUT2D eigenvalue weighted by Crippen LogP contribution is -2.14. The van der Waals surface area contributed by atoms with Crippen LogP contribution < -0.4 is 5.32 Å². The second-order valence-corrected chi connectivity index (χ2v) is 5.29. The molecular weight excluding hydrogens is 228 g/mol. The van der Waals surface area contributed by atoms with Crippen molar-refractivity contribution in [1.82, 2.24) is 9.88 Å². The van der Waals surface area contributed by atoms with E-state index < -0.39 is 0 Å². The molecule has 0 saturated heterocycles. The number of rotatable bonds is 6. The first-order chi connectivity index (χ1) is 8.33. The molecule has 2 aromatic heterocycles. The van der Waals surface area contributed by atoms with Crippen molar-refractivity contribution in [1.29, 1.82) is 0 Å². The number of nitrogens with zero attached hydrogens (tertiary/aromatic N) is 1. The third-order valence-electron chi connectivity index (χ3n) is 3.13. The summed E-state index contributed by atoms with van der Waals surface area (Å²) in [6, 6.07) is 7.03. The second-order valence-electron chi connectivity index (χ2n) is 4.26. The van der Waals surface area contributed by atoms with Crippen molar-refractivity contribution in [2.75, 3.05) is 7.05 Å². The van der Waals surface area contributed by atoms with E-state index in [1.165, 1.54) is 10.4 Å². The molecule has 2 aromatic rings. The highest BCUT2D eigenvalue weighted by Gasteiger charge is 2.07. The van der Waals surface area contributed by atoms with E-state index in [-0.39, 0.29) is 0 Å². The van der Waals surface area contributed by atoms with Crippen LogP contribution in [0.3, 0.4) is 0 Å². The van der Waals surface area contributed by atoms with Crippen molar-refractivity contribution >= 4 is 11.3 Å². The molecule has 1 N–H and O–H groups in total. The van der Waals surface area contributed by atoms with Crippen molar-refractivity contribution in [2.24, 2.45) is 0 Å². The maximum absolute atomic E-state index is 3.34. The maximum Gasteiger partial charge on any atom is 0.0329 e. The fourth-order valence-corrected chi connectivity index (χ4v) is 2.80. The first-order valence-corrected chi connectivity index (χ1v) is 7.06. The van der Waals surface area contributed by atoms with Gasteiger partial charge in [-0.3, -0.25) is 0 Å². The molecule has 0 saturated carbocycles. The summed E-state index contributed by atoms with van der Waals surface area (Å²) in [6.07, 6.45) is 6.70. The third-order valence-corrected chi connectivity index (χ3v) is 4.07. The minimum Gasteiger partial charge on any atom is -0.354 e. The topological polar surface area (TPSA) is 17.0 Å². The monoisotopic (exact) mass is 248 g/mol. The quantitative estimate of drug-likeness (QED) is 0.828. The normalized spacial score (nSPS) is 12.8. The molecule has 0 bridgehead atoms. The molecule has 0 aromatic carbocycles. The molecule has 0 aliphatic heterocycles. The lowest BCUT2D eigenvalue weighted by molar-refractivity contribution is 0.574. The number of aromatic nitrogens is 1. The smallest absolute Gasteiger partial charge is 0.0329 e. The van der Waals surface area contributed by atoms with Gasteiger partial charge in [-0.1, -0.05) is 13.0 Å². The zero-order valence-electron chi connectivity index (χ0n) is 10.5. The molecule has 2 heterocycles. The number of thiophene rings is 1. The van der Waals surface area contributed by atoms with E-state index in [2.05, 4.69) is 52.8 Å². The Bertz CT molecular complexity index is 427. The summed E-state index contributed by atoms with van der Waals surface area (Å²) >= 11 is 1.84. The fourth-order valence-electron chi connectivity index (χ4n) is 2.11. The Hall–Kier alpha value is -1.06. The molecular formula is C14H20N2S. The van der Waals surface area contributed by atoms with Gasteiger partial charge in [-0.25, -0.2) is 0 Å². The molecule has 92 valence electrons. The lowest BCUT2D eigenvalue weighted by Gasteiger charge is -2.11. The number of hydrogen-bond donors (Lipinski definition) is 1. The Morgan fingerprint density at radius 3 is 2.94 bits per heavy atom. The zero-order chi connectivity index (χ0) is 12.1. The highest BCUT2D eigenvalue weighted by molar-refractivity contribution is 7.09. The fraction of sp³-hybridized carbons (Fsp3) is 0.429. The first-order valence-electron chi connectivity index (χ1n) is 6.18. The van der Waals surface area contributed by atoms with E-state index in [0.717, 1.165) is 19.4 Å². The van der Waals surface area contributed by atoms with E-state index >= 15 is 0 Å². The molecule has 2 rings (SSSR count). The predicted molar refractivity (Wildman–Crippen MR) is 74.5 cm³/mol. The van der Waals surface area contributed by atoms with Crippen molar-refractivity contribution in [2.45, 2.75) is 32.4 Å². The Morgan fingerprint density at radius 2 is 2.29 bits per heavy atom. The first kappa shape index (κ1) is 12.4. The third kappa shape index (κ3) is 3.20. The molecule has 0 radical (unpaired) electrons. The van der Waals surface area contributed by atoms with Crippen LogP contribution in [0, 0.1) is 0 Å². The lowest BCUT2D eigenvalue weighted by atomic mass is 10.1. The Morgan fingerprint density at radius 1 is 1.41 bits per heavy atom. The van der Waals surface area contributed by atoms with E-state index in [0.29, 0.717) is 6.04 Å². The minimum atomic E-state index is 0.484. The second kappa shape index (κ2) is 6.03. The molecule has 0 amide bonds. The van der Waals surface area contributed by atoms with Crippen LogP contribution >= 0.6 is 11.3 Å². The summed E-state index contributed by atoms with van der Waals surface area (Å²) < 4.78 is 2.29. The van der Waals surface area contributed by atoms with Gasteiger partial charge in [0.2, 0.25) is 0 Å². The van der Waals surface area contributed by atoms with Gasteiger partial charge in [0.05, 0.1) is 0 Å². The molecule has 0 spiro atoms. The summed E-state index contributed by atoms with van der Waals surface area (Å²) in [5.74, 6) is 0. The molecule has 0 aliphatic rings. The van der Waals surface area contributed by atoms with Crippen molar-refractivity contribution in [3.05, 3.63) is 46.4 Å². The van der Waals surface area contributed by atoms with Gasteiger partial charge >= 0.3 is 0 Å². The maximum atomic E-state index is 3.34. The largest absolute Gasteiger partial charge is 0.354 e. The van der Waals surface area contributed by atoms with Crippen LogP contribution in [0.5, 0.6) is 0 Å². The van der Waals surface area contributed by atoms with E-state index in [9.17, 15) is 0 Å². The van der Waals surface area contributed by atoms with Crippen LogP contribution in [-0.4, -0.2) is 11.6 Å². The summed E-state index contributed by atoms with van der Waals surface area (Å²) in [6.45, 7) is 3.28. The van der Waals surface area contributed by atoms with Crippen LogP contribution in [-0.2, 0) is 13.0 Å². The van der Waals surface area contributed by atoms with Gasteiger partial charge < -0.3 is 9.88 Å². The van der Waals surface area contributed by atoms with E-state index in [1.54, 1.807) is 0 Å². The zero-order valence-corrected chi connectivity index (χ0v) is 11.3. The summed E-state index contributed by atoms with van der Waals surface area (Å²) in [4.78, 5) is 1.46. The summed E-state index contributed by atoms with van der Waals surface area (Å²) in [5.41, 5.74) is 1.39. The minimum absolute atomic E-state index is 0.484. The summed E-state index contributed by atoms with van der Waals surface area (Å²) in [7, 11) is 2.02. The standard InChI is InChI=1S/C14H20N2S/c1-3-14(15-2)12-6-8-16(11-12)9-7-13-5-4-10-17-13/h4-6,8,10-11,14-15H,3,7,9H2,1-2H3. The highest BCUT2D eigenvalue weighted by atomic mass is 32.1. The van der Waals surface area contributed by atoms with Crippen LogP contribution in [0.2, 0.25) is 0 Å². The van der Waals surface area contributed by atoms with Gasteiger partial charge in [0.15, 0.2) is 0 Å². The highest BCUT2D eigenvalue weighted by Crippen LogP contribution is 2.17. The molecule has 17 heavy (non-hydrogen) atoms. The van der Waals surface area contributed by atoms with Gasteiger partial charge in [-0.2, -0.15) is 0 Å². The van der Waals surface area contributed by atoms with Gasteiger partial charge in [0.25, 0.3) is 0 Å². The van der Waals surface area contributed by atoms with Gasteiger partial charge in [0, 0.05) is 29.9 Å². The Labute approximate surface area is 107 Å². The van der Waals surface area contributed by atoms with Gasteiger partial charge in [-0.15, -0.1) is 11.3 Å². The molecule has 0 fully saturated rings. The summed E-state index contributed by atoms with van der Waals surface area (Å²) in [5, 5.41) is 5.48. The molecule has 0 aliphatic carbocycles. The van der Waals surface area contributed by atoms with Crippen LogP contribution in [0.15, 0.2) is 36.0 Å². The number of hydrogen-bond acceptors (Lipinski definition) is 2. The van der Waals surface area contributed by atoms with Crippen LogP contribution in [0.1, 0.15) is 29.8 Å². The van der Waals surface area contributed by atoms with Gasteiger partial charge in [0.1, 0.15) is 0 Å². The Kier molecular flexibility index (Phi) is 4.40. The Balaban J connectivity index is 1.94.